The molecule has 2 aromatic rings. The summed E-state index contributed by atoms with van der Waals surface area (Å²) in [5.41, 5.74) is 1.74. The minimum absolute atomic E-state index is 0.0886. The first-order valence-corrected chi connectivity index (χ1v) is 9.18. The first-order chi connectivity index (χ1) is 14.1. The summed E-state index contributed by atoms with van der Waals surface area (Å²) in [5, 5.41) is 7.12. The molecule has 0 radical (unpaired) electrons. The van der Waals surface area contributed by atoms with Gasteiger partial charge in [-0.2, -0.15) is 13.2 Å². The average Bonchev–Trinajstić information content (AvgIpc) is 3.28. The molecule has 0 aromatic carbocycles. The molecule has 1 amide bonds. The zero-order valence-corrected chi connectivity index (χ0v) is 16.1. The summed E-state index contributed by atoms with van der Waals surface area (Å²) in [6, 6.07) is 3.64. The minimum atomic E-state index is -5.08. The van der Waals surface area contributed by atoms with Crippen molar-refractivity contribution in [1.29, 1.82) is 0 Å². The number of pyridine rings is 1. The first-order valence-electron chi connectivity index (χ1n) is 9.18. The smallest absolute Gasteiger partial charge is 0.475 e. The summed E-state index contributed by atoms with van der Waals surface area (Å²) >= 11 is 0. The van der Waals surface area contributed by atoms with E-state index in [1.165, 1.54) is 0 Å². The molecule has 0 bridgehead atoms. The van der Waals surface area contributed by atoms with E-state index in [0.717, 1.165) is 37.7 Å². The van der Waals surface area contributed by atoms with Crippen LogP contribution in [0.25, 0.3) is 0 Å². The average molecular weight is 423 g/mol. The van der Waals surface area contributed by atoms with Gasteiger partial charge in [0.1, 0.15) is 0 Å². The van der Waals surface area contributed by atoms with Gasteiger partial charge in [-0.05, 0) is 24.6 Å². The van der Waals surface area contributed by atoms with Crippen LogP contribution in [-0.2, 0) is 4.79 Å². The summed E-state index contributed by atoms with van der Waals surface area (Å²) in [5.74, 6) is -0.866. The lowest BCUT2D eigenvalue weighted by molar-refractivity contribution is -0.192. The molecule has 30 heavy (non-hydrogen) atoms. The van der Waals surface area contributed by atoms with Crippen molar-refractivity contribution in [2.24, 2.45) is 11.8 Å². The van der Waals surface area contributed by atoms with Crippen molar-refractivity contribution in [3.8, 4) is 0 Å². The van der Waals surface area contributed by atoms with E-state index < -0.39 is 12.1 Å². The molecule has 2 aliphatic heterocycles. The van der Waals surface area contributed by atoms with Gasteiger partial charge >= 0.3 is 12.1 Å². The second-order valence-corrected chi connectivity index (χ2v) is 7.24. The van der Waals surface area contributed by atoms with Gasteiger partial charge in [0.2, 0.25) is 5.95 Å². The fraction of sp³-hybridized carbons (Fsp3) is 0.421. The highest BCUT2D eigenvalue weighted by atomic mass is 19.4. The number of carboxylic acids is 1. The van der Waals surface area contributed by atoms with Crippen molar-refractivity contribution >= 4 is 17.8 Å². The van der Waals surface area contributed by atoms with E-state index in [2.05, 4.69) is 19.9 Å². The maximum atomic E-state index is 12.5. The predicted octanol–water partition coefficient (Wildman–Crippen LogP) is 2.02. The Morgan fingerprint density at radius 3 is 2.10 bits per heavy atom. The number of fused-ring (bicyclic) bond motifs is 1. The lowest BCUT2D eigenvalue weighted by Crippen LogP contribution is -2.33. The Hall–Kier alpha value is -3.24. The number of likely N-dealkylation sites (tertiary alicyclic amines) is 1. The molecule has 2 atom stereocenters. The van der Waals surface area contributed by atoms with E-state index in [1.807, 2.05) is 30.3 Å². The first kappa shape index (κ1) is 21.5. The van der Waals surface area contributed by atoms with E-state index in [-0.39, 0.29) is 5.91 Å². The number of nitrogens with zero attached hydrogens (tertiary/aromatic N) is 5. The van der Waals surface area contributed by atoms with Crippen LogP contribution in [0.15, 0.2) is 36.9 Å². The van der Waals surface area contributed by atoms with Gasteiger partial charge in [-0.1, -0.05) is 0 Å². The number of aromatic nitrogens is 3. The number of aryl methyl sites for hydroxylation is 1. The fourth-order valence-corrected chi connectivity index (χ4v) is 3.54. The maximum Gasteiger partial charge on any atom is 0.490 e. The van der Waals surface area contributed by atoms with Crippen LogP contribution < -0.4 is 4.90 Å². The van der Waals surface area contributed by atoms with Crippen LogP contribution in [0.4, 0.5) is 19.1 Å². The van der Waals surface area contributed by atoms with Crippen LogP contribution in [0, 0.1) is 18.8 Å². The third-order valence-electron chi connectivity index (χ3n) is 4.97. The minimum Gasteiger partial charge on any atom is -0.475 e. The Morgan fingerprint density at radius 2 is 1.63 bits per heavy atom. The third-order valence-corrected chi connectivity index (χ3v) is 4.97. The molecule has 2 aliphatic rings. The van der Waals surface area contributed by atoms with Crippen LogP contribution in [0.5, 0.6) is 0 Å². The number of carbonyl (C=O) groups excluding carboxylic acids is 1. The predicted molar refractivity (Wildman–Crippen MR) is 99.8 cm³/mol. The second kappa shape index (κ2) is 8.64. The van der Waals surface area contributed by atoms with Gasteiger partial charge in [0.25, 0.3) is 5.91 Å². The summed E-state index contributed by atoms with van der Waals surface area (Å²) in [4.78, 5) is 38.5. The molecular formula is C19H20F3N5O3. The number of anilines is 1. The molecule has 0 saturated carbocycles. The van der Waals surface area contributed by atoms with Crippen molar-refractivity contribution in [3.05, 3.63) is 48.0 Å². The zero-order valence-electron chi connectivity index (χ0n) is 16.1. The molecule has 8 nitrogen and oxygen atoms in total. The zero-order chi connectivity index (χ0) is 21.9. The Balaban J connectivity index is 0.000000318. The third kappa shape index (κ3) is 5.02. The number of aliphatic carboxylic acids is 1. The second-order valence-electron chi connectivity index (χ2n) is 7.24. The quantitative estimate of drug-likeness (QED) is 0.789. The summed E-state index contributed by atoms with van der Waals surface area (Å²) in [6.07, 6.45) is 1.96. The molecule has 4 rings (SSSR count). The standard InChI is InChI=1S/C17H19N5O.C2HF3O2/c1-12-5-19-17(20-6-12)22-10-14-8-21(9-15(14)11-22)16(23)13-3-2-4-18-7-13;3-2(4,5)1(6)7/h2-7,14-15H,8-11H2,1H3;(H,6,7)/t14-,15+;. The SMILES string of the molecule is Cc1cnc(N2C[C@H]3CN(C(=O)c4cccnc4)C[C@H]3C2)nc1.O=C(O)C(F)(F)F. The summed E-state index contributed by atoms with van der Waals surface area (Å²) < 4.78 is 31.7. The normalized spacial score (nSPS) is 20.4. The highest BCUT2D eigenvalue weighted by molar-refractivity contribution is 5.94. The molecule has 2 saturated heterocycles. The van der Waals surface area contributed by atoms with E-state index in [0.29, 0.717) is 17.4 Å². The summed E-state index contributed by atoms with van der Waals surface area (Å²) in [7, 11) is 0. The maximum absolute atomic E-state index is 12.5. The number of carbonyl (C=O) groups is 2. The van der Waals surface area contributed by atoms with E-state index in [1.54, 1.807) is 18.5 Å². The van der Waals surface area contributed by atoms with Gasteiger partial charge in [0.15, 0.2) is 0 Å². The van der Waals surface area contributed by atoms with Crippen LogP contribution in [-0.4, -0.2) is 69.2 Å². The fourth-order valence-electron chi connectivity index (χ4n) is 3.54. The molecular weight excluding hydrogens is 403 g/mol. The van der Waals surface area contributed by atoms with Crippen molar-refractivity contribution in [1.82, 2.24) is 19.9 Å². The number of alkyl halides is 3. The highest BCUT2D eigenvalue weighted by Crippen LogP contribution is 2.33. The number of amides is 1. The van der Waals surface area contributed by atoms with Crippen molar-refractivity contribution in [2.75, 3.05) is 31.1 Å². The van der Waals surface area contributed by atoms with Gasteiger partial charge < -0.3 is 14.9 Å². The van der Waals surface area contributed by atoms with Gasteiger partial charge in [-0.15, -0.1) is 0 Å². The highest BCUT2D eigenvalue weighted by Gasteiger charge is 2.42. The van der Waals surface area contributed by atoms with Crippen LogP contribution in [0.3, 0.4) is 0 Å². The van der Waals surface area contributed by atoms with Crippen molar-refractivity contribution in [3.63, 3.8) is 0 Å². The Bertz CT molecular complexity index is 879. The number of carboxylic acid groups (broad SMARTS) is 1. The molecule has 1 N–H and O–H groups in total. The van der Waals surface area contributed by atoms with Crippen LogP contribution in [0.2, 0.25) is 0 Å². The molecule has 0 spiro atoms. The van der Waals surface area contributed by atoms with Gasteiger partial charge in [0.05, 0.1) is 5.56 Å². The van der Waals surface area contributed by atoms with Crippen molar-refractivity contribution in [2.45, 2.75) is 13.1 Å². The van der Waals surface area contributed by atoms with Gasteiger partial charge in [-0.25, -0.2) is 14.8 Å². The largest absolute Gasteiger partial charge is 0.490 e. The molecule has 2 aromatic heterocycles. The van der Waals surface area contributed by atoms with Gasteiger partial charge in [-0.3, -0.25) is 9.78 Å². The summed E-state index contributed by atoms with van der Waals surface area (Å²) in [6.45, 7) is 5.45. The molecule has 160 valence electrons. The van der Waals surface area contributed by atoms with Crippen molar-refractivity contribution < 1.29 is 27.9 Å². The van der Waals surface area contributed by atoms with Crippen LogP contribution >= 0.6 is 0 Å². The Kier molecular flexibility index (Phi) is 6.18. The molecule has 0 aliphatic carbocycles. The number of hydrogen-bond donors (Lipinski definition) is 1. The molecule has 2 fully saturated rings. The molecule has 4 heterocycles. The molecule has 11 heteroatoms. The van der Waals surface area contributed by atoms with Gasteiger partial charge in [0, 0.05) is 62.8 Å². The van der Waals surface area contributed by atoms with E-state index in [9.17, 15) is 18.0 Å². The van der Waals surface area contributed by atoms with E-state index >= 15 is 0 Å². The van der Waals surface area contributed by atoms with Crippen LogP contribution in [0.1, 0.15) is 15.9 Å². The number of hydrogen-bond acceptors (Lipinski definition) is 6. The Labute approximate surface area is 170 Å². The lowest BCUT2D eigenvalue weighted by Gasteiger charge is -2.21. The lowest BCUT2D eigenvalue weighted by atomic mass is 10.0. The van der Waals surface area contributed by atoms with E-state index in [4.69, 9.17) is 9.90 Å². The monoisotopic (exact) mass is 423 g/mol. The Morgan fingerprint density at radius 1 is 1.07 bits per heavy atom. The number of rotatable bonds is 2. The number of halogens is 3. The topological polar surface area (TPSA) is 99.5 Å². The molecule has 0 unspecified atom stereocenters.